The Kier molecular flexibility index (Phi) is 13.0. The second-order valence-electron chi connectivity index (χ2n) is 7.22. The summed E-state index contributed by atoms with van der Waals surface area (Å²) < 4.78 is 4.66. The average molecular weight is 486 g/mol. The topological polar surface area (TPSA) is 7.76 Å². The predicted molar refractivity (Wildman–Crippen MR) is 99.9 cm³/mol. The van der Waals surface area contributed by atoms with E-state index in [0.717, 1.165) is 13.1 Å². The molecule has 2 heterocycles. The molecule has 0 atom stereocenters. The number of halogens is 2. The third kappa shape index (κ3) is 8.77. The number of hydrogen-bond acceptors (Lipinski definition) is 0. The Balaban J connectivity index is 0.00000312. The molecule has 0 spiro atoms. The summed E-state index contributed by atoms with van der Waals surface area (Å²) >= 11 is 0. The van der Waals surface area contributed by atoms with E-state index >= 15 is 0 Å². The smallest absolute Gasteiger partial charge is 0.171 e. The standard InChI is InChI=1S/C22H34N2.2BrH/c1-19-11-15-23(17-21(19)3)13-9-7-5-6-8-10-14-24-16-12-20(2)22(4)18-24;;/h11-12,15-18H,5-10,13-14H2,1-4H3;2*1H/q+2;;/p-2. The molecule has 0 saturated carbocycles. The molecule has 0 amide bonds. The molecule has 0 aliphatic rings. The number of nitrogens with zero attached hydrogens (tertiary/aromatic N) is 2. The maximum Gasteiger partial charge on any atom is 0.171 e. The molecule has 4 heteroatoms. The molecule has 0 aliphatic heterocycles. The summed E-state index contributed by atoms with van der Waals surface area (Å²) in [5.74, 6) is 0. The van der Waals surface area contributed by atoms with Gasteiger partial charge in [0.2, 0.25) is 0 Å². The Labute approximate surface area is 181 Å². The minimum atomic E-state index is 0. The normalized spacial score (nSPS) is 10.2. The molecule has 146 valence electrons. The van der Waals surface area contributed by atoms with E-state index in [9.17, 15) is 0 Å². The van der Waals surface area contributed by atoms with Crippen molar-refractivity contribution in [2.45, 2.75) is 79.3 Å². The average Bonchev–Trinajstić information content (AvgIpc) is 2.56. The van der Waals surface area contributed by atoms with Gasteiger partial charge in [-0.1, -0.05) is 12.8 Å². The quantitative estimate of drug-likeness (QED) is 0.303. The highest BCUT2D eigenvalue weighted by Crippen LogP contribution is 2.07. The van der Waals surface area contributed by atoms with Gasteiger partial charge in [-0.25, -0.2) is 9.13 Å². The van der Waals surface area contributed by atoms with Crippen LogP contribution in [0.5, 0.6) is 0 Å². The zero-order valence-corrected chi connectivity index (χ0v) is 19.9. The number of hydrogen-bond donors (Lipinski definition) is 0. The molecular formula is C22H34Br2N2. The highest BCUT2D eigenvalue weighted by Gasteiger charge is 2.04. The summed E-state index contributed by atoms with van der Waals surface area (Å²) in [4.78, 5) is 0. The van der Waals surface area contributed by atoms with Gasteiger partial charge in [-0.05, 0) is 51.7 Å². The van der Waals surface area contributed by atoms with Crippen molar-refractivity contribution in [1.29, 1.82) is 0 Å². The van der Waals surface area contributed by atoms with Gasteiger partial charge in [0.1, 0.15) is 13.1 Å². The summed E-state index contributed by atoms with van der Waals surface area (Å²) in [5.41, 5.74) is 5.54. The maximum absolute atomic E-state index is 2.33. The van der Waals surface area contributed by atoms with Gasteiger partial charge in [0, 0.05) is 36.1 Å². The Morgan fingerprint density at radius 2 is 0.885 bits per heavy atom. The van der Waals surface area contributed by atoms with Crippen LogP contribution in [-0.2, 0) is 13.1 Å². The molecule has 0 aromatic carbocycles. The SMILES string of the molecule is Cc1cc[n+](CCCCCCCC[n+]2ccc(C)c(C)c2)cc1C.[Br-].[Br-]. The second-order valence-corrected chi connectivity index (χ2v) is 7.22. The van der Waals surface area contributed by atoms with Crippen molar-refractivity contribution in [2.24, 2.45) is 0 Å². The fraction of sp³-hybridized carbons (Fsp3) is 0.545. The van der Waals surface area contributed by atoms with E-state index in [-0.39, 0.29) is 34.0 Å². The molecule has 2 aromatic rings. The molecule has 0 N–H and O–H groups in total. The second kappa shape index (κ2) is 13.4. The van der Waals surface area contributed by atoms with E-state index < -0.39 is 0 Å². The Morgan fingerprint density at radius 1 is 0.538 bits per heavy atom. The summed E-state index contributed by atoms with van der Waals surface area (Å²) in [6, 6.07) is 4.44. The van der Waals surface area contributed by atoms with E-state index in [1.165, 1.54) is 60.8 Å². The number of pyridine rings is 2. The van der Waals surface area contributed by atoms with Gasteiger partial charge in [-0.15, -0.1) is 0 Å². The summed E-state index contributed by atoms with van der Waals surface area (Å²) in [6.45, 7) is 11.0. The van der Waals surface area contributed by atoms with E-state index in [2.05, 4.69) is 73.7 Å². The molecule has 0 unspecified atom stereocenters. The Bertz CT molecular complexity index is 599. The summed E-state index contributed by atoms with van der Waals surface area (Å²) in [6.07, 6.45) is 17.0. The number of aromatic nitrogens is 2. The molecule has 0 aliphatic carbocycles. The molecule has 2 aromatic heterocycles. The Morgan fingerprint density at radius 3 is 1.23 bits per heavy atom. The number of rotatable bonds is 9. The van der Waals surface area contributed by atoms with Gasteiger partial charge in [-0.2, -0.15) is 0 Å². The zero-order valence-electron chi connectivity index (χ0n) is 16.8. The third-order valence-electron chi connectivity index (χ3n) is 5.08. The van der Waals surface area contributed by atoms with Crippen molar-refractivity contribution in [2.75, 3.05) is 0 Å². The van der Waals surface area contributed by atoms with Gasteiger partial charge in [0.15, 0.2) is 24.8 Å². The monoisotopic (exact) mass is 484 g/mol. The van der Waals surface area contributed by atoms with E-state index in [0.29, 0.717) is 0 Å². The number of aryl methyl sites for hydroxylation is 6. The van der Waals surface area contributed by atoms with Gasteiger partial charge in [0.25, 0.3) is 0 Å². The highest BCUT2D eigenvalue weighted by molar-refractivity contribution is 5.17. The van der Waals surface area contributed by atoms with Crippen molar-refractivity contribution >= 4 is 0 Å². The molecule has 26 heavy (non-hydrogen) atoms. The van der Waals surface area contributed by atoms with Gasteiger partial charge in [-0.3, -0.25) is 0 Å². The fourth-order valence-electron chi connectivity index (χ4n) is 3.04. The van der Waals surface area contributed by atoms with Crippen LogP contribution in [0.15, 0.2) is 36.9 Å². The first kappa shape index (κ1) is 25.3. The van der Waals surface area contributed by atoms with E-state index in [1.54, 1.807) is 0 Å². The first-order valence-electron chi connectivity index (χ1n) is 9.49. The molecular weight excluding hydrogens is 452 g/mol. The summed E-state index contributed by atoms with van der Waals surface area (Å²) in [5, 5.41) is 0. The largest absolute Gasteiger partial charge is 1.00 e. The Hall–Kier alpha value is -0.740. The van der Waals surface area contributed by atoms with Crippen LogP contribution in [0.3, 0.4) is 0 Å². The van der Waals surface area contributed by atoms with Crippen LogP contribution in [0, 0.1) is 27.7 Å². The summed E-state index contributed by atoms with van der Waals surface area (Å²) in [7, 11) is 0. The van der Waals surface area contributed by atoms with Crippen LogP contribution < -0.4 is 43.1 Å². The third-order valence-corrected chi connectivity index (χ3v) is 5.08. The fourth-order valence-corrected chi connectivity index (χ4v) is 3.04. The van der Waals surface area contributed by atoms with Crippen molar-refractivity contribution < 1.29 is 43.1 Å². The zero-order chi connectivity index (χ0) is 17.4. The number of unbranched alkanes of at least 4 members (excludes halogenated alkanes) is 5. The first-order chi connectivity index (χ1) is 11.6. The molecule has 0 bridgehead atoms. The van der Waals surface area contributed by atoms with Crippen molar-refractivity contribution in [3.63, 3.8) is 0 Å². The minimum Gasteiger partial charge on any atom is -1.00 e. The van der Waals surface area contributed by atoms with Crippen molar-refractivity contribution in [1.82, 2.24) is 0 Å². The first-order valence-corrected chi connectivity index (χ1v) is 9.49. The van der Waals surface area contributed by atoms with Crippen molar-refractivity contribution in [3.8, 4) is 0 Å². The van der Waals surface area contributed by atoms with Crippen LogP contribution in [-0.4, -0.2) is 0 Å². The molecule has 0 saturated heterocycles. The lowest BCUT2D eigenvalue weighted by Gasteiger charge is -2.02. The van der Waals surface area contributed by atoms with E-state index in [4.69, 9.17) is 0 Å². The lowest BCUT2D eigenvalue weighted by atomic mass is 10.1. The van der Waals surface area contributed by atoms with Crippen molar-refractivity contribution in [3.05, 3.63) is 59.2 Å². The van der Waals surface area contributed by atoms with Gasteiger partial charge in [0.05, 0.1) is 0 Å². The van der Waals surface area contributed by atoms with Crippen LogP contribution in [0.25, 0.3) is 0 Å². The van der Waals surface area contributed by atoms with Crippen LogP contribution >= 0.6 is 0 Å². The van der Waals surface area contributed by atoms with E-state index in [1.807, 2.05) is 0 Å². The lowest BCUT2D eigenvalue weighted by molar-refractivity contribution is -0.698. The minimum absolute atomic E-state index is 0. The lowest BCUT2D eigenvalue weighted by Crippen LogP contribution is -3.00. The van der Waals surface area contributed by atoms with Crippen LogP contribution in [0.2, 0.25) is 0 Å². The molecule has 0 fully saturated rings. The van der Waals surface area contributed by atoms with Gasteiger partial charge >= 0.3 is 0 Å². The highest BCUT2D eigenvalue weighted by atomic mass is 79.9. The van der Waals surface area contributed by atoms with Crippen LogP contribution in [0.1, 0.15) is 60.8 Å². The maximum atomic E-state index is 2.33. The molecule has 2 nitrogen and oxygen atoms in total. The van der Waals surface area contributed by atoms with Gasteiger partial charge < -0.3 is 34.0 Å². The molecule has 0 radical (unpaired) electrons. The predicted octanol–water partition coefficient (Wildman–Crippen LogP) is -1.46. The van der Waals surface area contributed by atoms with Crippen LogP contribution in [0.4, 0.5) is 0 Å². The molecule has 2 rings (SSSR count).